The molecule has 0 amide bonds. The Labute approximate surface area is 221 Å². The smallest absolute Gasteiger partial charge is 0.180 e. The van der Waals surface area contributed by atoms with Crippen molar-refractivity contribution in [3.63, 3.8) is 0 Å². The molecule has 3 aromatic heterocycles. The molecule has 7 heteroatoms. The molecule has 0 bridgehead atoms. The fourth-order valence-electron chi connectivity index (χ4n) is 4.74. The highest BCUT2D eigenvalue weighted by Crippen LogP contribution is 2.30. The van der Waals surface area contributed by atoms with E-state index in [0.29, 0.717) is 23.9 Å². The number of para-hydroxylation sites is 1. The summed E-state index contributed by atoms with van der Waals surface area (Å²) in [7, 11) is 0. The highest BCUT2D eigenvalue weighted by molar-refractivity contribution is 5.74. The molecule has 1 saturated heterocycles. The molecule has 1 fully saturated rings. The zero-order chi connectivity index (χ0) is 25.7. The molecule has 0 saturated carbocycles. The van der Waals surface area contributed by atoms with Crippen molar-refractivity contribution >= 4 is 11.5 Å². The number of phenols is 1. The number of pyridine rings is 2. The highest BCUT2D eigenvalue weighted by Gasteiger charge is 2.14. The summed E-state index contributed by atoms with van der Waals surface area (Å²) in [5.74, 6) is 1.40. The maximum atomic E-state index is 10.2. The van der Waals surface area contributed by atoms with Crippen LogP contribution in [-0.4, -0.2) is 38.1 Å². The number of hydrogen-bond acceptors (Lipinski definition) is 7. The largest absolute Gasteiger partial charge is 0.508 e. The van der Waals surface area contributed by atoms with Crippen LogP contribution < -0.4 is 10.2 Å². The minimum absolute atomic E-state index is 0.243. The summed E-state index contributed by atoms with van der Waals surface area (Å²) in [6, 6.07) is 25.6. The van der Waals surface area contributed by atoms with Crippen LogP contribution >= 0.6 is 0 Å². The van der Waals surface area contributed by atoms with Gasteiger partial charge in [-0.15, -0.1) is 0 Å². The average molecular weight is 501 g/mol. The second kappa shape index (κ2) is 10.7. The van der Waals surface area contributed by atoms with E-state index in [9.17, 15) is 5.11 Å². The van der Waals surface area contributed by atoms with Crippen molar-refractivity contribution in [3.8, 4) is 39.7 Å². The number of nitrogens with zero attached hydrogens (tertiary/aromatic N) is 5. The number of benzene rings is 2. The van der Waals surface area contributed by atoms with Crippen LogP contribution in [0.15, 0.2) is 97.5 Å². The van der Waals surface area contributed by atoms with Crippen LogP contribution in [0.25, 0.3) is 33.9 Å². The zero-order valence-corrected chi connectivity index (χ0v) is 21.0. The third-order valence-corrected chi connectivity index (χ3v) is 6.76. The summed E-state index contributed by atoms with van der Waals surface area (Å²) >= 11 is 0. The molecule has 0 spiro atoms. The summed E-state index contributed by atoms with van der Waals surface area (Å²) in [5, 5.41) is 13.5. The summed E-state index contributed by atoms with van der Waals surface area (Å²) < 4.78 is 0. The molecule has 0 aliphatic carbocycles. The minimum Gasteiger partial charge on any atom is -0.508 e. The van der Waals surface area contributed by atoms with Gasteiger partial charge in [-0.1, -0.05) is 36.4 Å². The Morgan fingerprint density at radius 3 is 2.45 bits per heavy atom. The Morgan fingerprint density at radius 2 is 1.61 bits per heavy atom. The molecule has 2 aromatic carbocycles. The van der Waals surface area contributed by atoms with Gasteiger partial charge in [-0.25, -0.2) is 9.97 Å². The molecule has 0 unspecified atom stereocenters. The first-order valence-electron chi connectivity index (χ1n) is 12.8. The number of aromatic hydroxyl groups is 1. The first-order valence-corrected chi connectivity index (χ1v) is 12.8. The number of aromatic nitrogens is 4. The van der Waals surface area contributed by atoms with Crippen molar-refractivity contribution < 1.29 is 5.11 Å². The maximum absolute atomic E-state index is 10.2. The van der Waals surface area contributed by atoms with Gasteiger partial charge < -0.3 is 15.3 Å². The van der Waals surface area contributed by atoms with Crippen molar-refractivity contribution in [2.24, 2.45) is 0 Å². The predicted molar refractivity (Wildman–Crippen MR) is 151 cm³/mol. The lowest BCUT2D eigenvalue weighted by atomic mass is 10.0. The minimum atomic E-state index is 0.243. The van der Waals surface area contributed by atoms with Gasteiger partial charge in [-0.2, -0.15) is 0 Å². The van der Waals surface area contributed by atoms with Crippen LogP contribution in [0, 0.1) is 0 Å². The SMILES string of the molecule is Oc1ccccc1CNc1cc(-c2cncc(-c3cccc(N4CCCC4)c3)c2)nc(-c2ccccn2)n1. The van der Waals surface area contributed by atoms with E-state index in [0.717, 1.165) is 41.0 Å². The molecular weight excluding hydrogens is 472 g/mol. The van der Waals surface area contributed by atoms with Gasteiger partial charge in [0.15, 0.2) is 5.82 Å². The van der Waals surface area contributed by atoms with Gasteiger partial charge in [-0.3, -0.25) is 9.97 Å². The van der Waals surface area contributed by atoms with E-state index in [-0.39, 0.29) is 5.75 Å². The Hall–Kier alpha value is -4.78. The van der Waals surface area contributed by atoms with E-state index in [1.165, 1.54) is 18.5 Å². The van der Waals surface area contributed by atoms with Crippen LogP contribution in [0.1, 0.15) is 18.4 Å². The molecule has 4 heterocycles. The maximum Gasteiger partial charge on any atom is 0.180 e. The number of hydrogen-bond donors (Lipinski definition) is 2. The summed E-state index contributed by atoms with van der Waals surface area (Å²) in [6.45, 7) is 2.64. The first-order chi connectivity index (χ1) is 18.7. The number of rotatable bonds is 7. The Balaban J connectivity index is 1.36. The Bertz CT molecular complexity index is 1550. The molecule has 5 aromatic rings. The van der Waals surface area contributed by atoms with Crippen molar-refractivity contribution in [2.45, 2.75) is 19.4 Å². The van der Waals surface area contributed by atoms with Crippen molar-refractivity contribution in [1.82, 2.24) is 19.9 Å². The second-order valence-corrected chi connectivity index (χ2v) is 9.37. The number of anilines is 2. The molecule has 1 aliphatic heterocycles. The fourth-order valence-corrected chi connectivity index (χ4v) is 4.74. The van der Waals surface area contributed by atoms with Gasteiger partial charge in [0, 0.05) is 66.7 Å². The topological polar surface area (TPSA) is 87.1 Å². The standard InChI is InChI=1S/C31H28N6O/c38-29-12-2-1-8-23(29)21-34-30-18-28(35-31(36-30)27-11-3-4-13-33-27)25-16-24(19-32-20-25)22-9-7-10-26(17-22)37-14-5-6-15-37/h1-4,7-13,16-20,38H,5-6,14-15,21H2,(H,34,35,36). The van der Waals surface area contributed by atoms with Crippen LogP contribution in [0.3, 0.4) is 0 Å². The molecule has 0 atom stereocenters. The van der Waals surface area contributed by atoms with Gasteiger partial charge in [-0.05, 0) is 54.8 Å². The Kier molecular flexibility index (Phi) is 6.64. The number of nitrogens with one attached hydrogen (secondary N) is 1. The normalized spacial score (nSPS) is 13.0. The van der Waals surface area contributed by atoms with Crippen molar-refractivity contribution in [2.75, 3.05) is 23.3 Å². The lowest BCUT2D eigenvalue weighted by Gasteiger charge is -2.18. The van der Waals surface area contributed by atoms with E-state index in [1.54, 1.807) is 12.3 Å². The predicted octanol–water partition coefficient (Wildman–Crippen LogP) is 6.19. The first kappa shape index (κ1) is 23.6. The van der Waals surface area contributed by atoms with Crippen LogP contribution in [0.2, 0.25) is 0 Å². The summed E-state index contributed by atoms with van der Waals surface area (Å²) in [5.41, 5.74) is 6.51. The summed E-state index contributed by atoms with van der Waals surface area (Å²) in [4.78, 5) is 21.0. The molecule has 2 N–H and O–H groups in total. The second-order valence-electron chi connectivity index (χ2n) is 9.37. The van der Waals surface area contributed by atoms with Crippen LogP contribution in [-0.2, 0) is 6.54 Å². The lowest BCUT2D eigenvalue weighted by molar-refractivity contribution is 0.469. The molecule has 1 aliphatic rings. The highest BCUT2D eigenvalue weighted by atomic mass is 16.3. The zero-order valence-electron chi connectivity index (χ0n) is 21.0. The van der Waals surface area contributed by atoms with Gasteiger partial charge in [0.05, 0.1) is 5.69 Å². The average Bonchev–Trinajstić information content (AvgIpc) is 3.53. The van der Waals surface area contributed by atoms with Gasteiger partial charge in [0.2, 0.25) is 0 Å². The van der Waals surface area contributed by atoms with Crippen LogP contribution in [0.4, 0.5) is 11.5 Å². The van der Waals surface area contributed by atoms with Crippen molar-refractivity contribution in [3.05, 3.63) is 103 Å². The fraction of sp³-hybridized carbons (Fsp3) is 0.161. The quantitative estimate of drug-likeness (QED) is 0.276. The third kappa shape index (κ3) is 5.18. The van der Waals surface area contributed by atoms with Crippen LogP contribution in [0.5, 0.6) is 5.75 Å². The van der Waals surface area contributed by atoms with Gasteiger partial charge >= 0.3 is 0 Å². The van der Waals surface area contributed by atoms with E-state index in [4.69, 9.17) is 9.97 Å². The molecule has 0 radical (unpaired) electrons. The molecule has 188 valence electrons. The van der Waals surface area contributed by atoms with Crippen molar-refractivity contribution in [1.29, 1.82) is 0 Å². The third-order valence-electron chi connectivity index (χ3n) is 6.76. The molecule has 7 nitrogen and oxygen atoms in total. The van der Waals surface area contributed by atoms with Gasteiger partial charge in [0.1, 0.15) is 17.3 Å². The van der Waals surface area contributed by atoms with E-state index >= 15 is 0 Å². The van der Waals surface area contributed by atoms with E-state index in [1.807, 2.05) is 54.9 Å². The molecule has 38 heavy (non-hydrogen) atoms. The molecular formula is C31H28N6O. The number of phenolic OH excluding ortho intramolecular Hbond substituents is 1. The Morgan fingerprint density at radius 1 is 0.763 bits per heavy atom. The monoisotopic (exact) mass is 500 g/mol. The van der Waals surface area contributed by atoms with E-state index in [2.05, 4.69) is 50.5 Å². The summed E-state index contributed by atoms with van der Waals surface area (Å²) in [6.07, 6.45) is 7.94. The van der Waals surface area contributed by atoms with Gasteiger partial charge in [0.25, 0.3) is 0 Å². The lowest BCUT2D eigenvalue weighted by Crippen LogP contribution is -2.17. The van der Waals surface area contributed by atoms with E-state index < -0.39 is 0 Å². The molecule has 6 rings (SSSR count).